The predicted octanol–water partition coefficient (Wildman–Crippen LogP) is 2.46. The van der Waals surface area contributed by atoms with Gasteiger partial charge in [0, 0.05) is 38.7 Å². The van der Waals surface area contributed by atoms with E-state index in [0.717, 1.165) is 22.8 Å². The summed E-state index contributed by atoms with van der Waals surface area (Å²) in [6, 6.07) is 9.84. The molecule has 2 heterocycles. The maximum absolute atomic E-state index is 5.35. The number of guanidine groups is 1. The van der Waals surface area contributed by atoms with Crippen molar-refractivity contribution < 1.29 is 9.47 Å². The average Bonchev–Trinajstić information content (AvgIpc) is 3.19. The number of methoxy groups -OCH3 is 2. The van der Waals surface area contributed by atoms with Crippen molar-refractivity contribution in [1.29, 1.82) is 0 Å². The Kier molecular flexibility index (Phi) is 6.67. The molecule has 0 amide bonds. The SMILES string of the molecule is CN=C(NCc1ccc(-n2ccnc2C)nc1)NCc1ccc(OC)c(OC)c1. The van der Waals surface area contributed by atoms with Crippen LogP contribution in [0.5, 0.6) is 11.5 Å². The first-order valence-electron chi connectivity index (χ1n) is 9.25. The van der Waals surface area contributed by atoms with Gasteiger partial charge in [-0.2, -0.15) is 0 Å². The molecule has 2 aromatic heterocycles. The monoisotopic (exact) mass is 394 g/mol. The summed E-state index contributed by atoms with van der Waals surface area (Å²) in [4.78, 5) is 13.0. The van der Waals surface area contributed by atoms with Crippen LogP contribution in [-0.4, -0.2) is 41.8 Å². The lowest BCUT2D eigenvalue weighted by atomic mass is 10.2. The highest BCUT2D eigenvalue weighted by atomic mass is 16.5. The van der Waals surface area contributed by atoms with Crippen LogP contribution in [0.2, 0.25) is 0 Å². The predicted molar refractivity (Wildman–Crippen MR) is 113 cm³/mol. The summed E-state index contributed by atoms with van der Waals surface area (Å²) in [5.74, 6) is 3.87. The van der Waals surface area contributed by atoms with Crippen LogP contribution in [0.25, 0.3) is 5.82 Å². The highest BCUT2D eigenvalue weighted by Crippen LogP contribution is 2.27. The zero-order valence-corrected chi connectivity index (χ0v) is 17.1. The molecule has 0 bridgehead atoms. The molecule has 0 atom stereocenters. The van der Waals surface area contributed by atoms with E-state index in [1.807, 2.05) is 54.2 Å². The van der Waals surface area contributed by atoms with Crippen LogP contribution in [0.4, 0.5) is 0 Å². The van der Waals surface area contributed by atoms with Crippen molar-refractivity contribution in [1.82, 2.24) is 25.2 Å². The van der Waals surface area contributed by atoms with Gasteiger partial charge < -0.3 is 20.1 Å². The van der Waals surface area contributed by atoms with Gasteiger partial charge in [-0.15, -0.1) is 0 Å². The molecule has 0 saturated heterocycles. The minimum atomic E-state index is 0.608. The largest absolute Gasteiger partial charge is 0.493 e. The fourth-order valence-corrected chi connectivity index (χ4v) is 2.87. The van der Waals surface area contributed by atoms with Gasteiger partial charge in [0.1, 0.15) is 11.6 Å². The molecule has 0 aliphatic rings. The van der Waals surface area contributed by atoms with Gasteiger partial charge in [-0.1, -0.05) is 12.1 Å². The van der Waals surface area contributed by atoms with Crippen LogP contribution in [0.1, 0.15) is 17.0 Å². The van der Waals surface area contributed by atoms with E-state index in [-0.39, 0.29) is 0 Å². The summed E-state index contributed by atoms with van der Waals surface area (Å²) in [5, 5.41) is 6.59. The Balaban J connectivity index is 1.55. The minimum absolute atomic E-state index is 0.608. The quantitative estimate of drug-likeness (QED) is 0.473. The zero-order valence-electron chi connectivity index (χ0n) is 17.1. The Morgan fingerprint density at radius 1 is 1.00 bits per heavy atom. The van der Waals surface area contributed by atoms with E-state index in [4.69, 9.17) is 9.47 Å². The Bertz CT molecular complexity index is 966. The van der Waals surface area contributed by atoms with Gasteiger partial charge in [-0.05, 0) is 36.2 Å². The third kappa shape index (κ3) is 5.04. The minimum Gasteiger partial charge on any atom is -0.493 e. The Morgan fingerprint density at radius 2 is 1.72 bits per heavy atom. The molecule has 8 heteroatoms. The van der Waals surface area contributed by atoms with E-state index in [9.17, 15) is 0 Å². The molecule has 0 unspecified atom stereocenters. The number of pyridine rings is 1. The molecule has 0 aliphatic carbocycles. The topological polar surface area (TPSA) is 85.6 Å². The van der Waals surface area contributed by atoms with E-state index in [1.54, 1.807) is 27.5 Å². The summed E-state index contributed by atoms with van der Waals surface area (Å²) in [7, 11) is 5.00. The number of hydrogen-bond donors (Lipinski definition) is 2. The second-order valence-electron chi connectivity index (χ2n) is 6.34. The van der Waals surface area contributed by atoms with Crippen molar-refractivity contribution in [3.05, 3.63) is 65.9 Å². The third-order valence-corrected chi connectivity index (χ3v) is 4.47. The van der Waals surface area contributed by atoms with Crippen LogP contribution >= 0.6 is 0 Å². The third-order valence-electron chi connectivity index (χ3n) is 4.47. The number of nitrogens with zero attached hydrogens (tertiary/aromatic N) is 4. The molecule has 0 saturated carbocycles. The number of benzene rings is 1. The van der Waals surface area contributed by atoms with E-state index in [0.29, 0.717) is 30.5 Å². The zero-order chi connectivity index (χ0) is 20.6. The molecule has 1 aromatic carbocycles. The summed E-state index contributed by atoms with van der Waals surface area (Å²) in [6.07, 6.45) is 5.51. The highest BCUT2D eigenvalue weighted by molar-refractivity contribution is 5.79. The van der Waals surface area contributed by atoms with E-state index in [2.05, 4.69) is 25.6 Å². The fraction of sp³-hybridized carbons (Fsp3) is 0.286. The number of imidazole rings is 1. The summed E-state index contributed by atoms with van der Waals surface area (Å²) in [5.41, 5.74) is 2.12. The molecular weight excluding hydrogens is 368 g/mol. The van der Waals surface area contributed by atoms with Gasteiger partial charge in [0.2, 0.25) is 0 Å². The molecule has 29 heavy (non-hydrogen) atoms. The molecule has 0 fully saturated rings. The molecule has 0 aliphatic heterocycles. The lowest BCUT2D eigenvalue weighted by Crippen LogP contribution is -2.36. The van der Waals surface area contributed by atoms with Crippen molar-refractivity contribution in [2.75, 3.05) is 21.3 Å². The molecule has 3 aromatic rings. The summed E-state index contributed by atoms with van der Waals surface area (Å²) < 4.78 is 12.6. The molecular formula is C21H26N6O2. The molecule has 8 nitrogen and oxygen atoms in total. The maximum Gasteiger partial charge on any atom is 0.191 e. The van der Waals surface area contributed by atoms with Crippen molar-refractivity contribution in [3.8, 4) is 17.3 Å². The van der Waals surface area contributed by atoms with Gasteiger partial charge in [0.25, 0.3) is 0 Å². The van der Waals surface area contributed by atoms with Crippen molar-refractivity contribution in [2.24, 2.45) is 4.99 Å². The molecule has 0 radical (unpaired) electrons. The van der Waals surface area contributed by atoms with Gasteiger partial charge in [0.15, 0.2) is 17.5 Å². The Morgan fingerprint density at radius 3 is 2.31 bits per heavy atom. The van der Waals surface area contributed by atoms with Gasteiger partial charge in [-0.25, -0.2) is 9.97 Å². The van der Waals surface area contributed by atoms with E-state index < -0.39 is 0 Å². The number of aromatic nitrogens is 3. The molecule has 3 rings (SSSR count). The summed E-state index contributed by atoms with van der Waals surface area (Å²) in [6.45, 7) is 3.17. The molecule has 0 spiro atoms. The lowest BCUT2D eigenvalue weighted by Gasteiger charge is -2.14. The standard InChI is InChI=1S/C21H26N6O2/c1-15-23-9-10-27(15)20-8-6-17(13-24-20)14-26-21(22-2)25-12-16-5-7-18(28-3)19(11-16)29-4/h5-11,13H,12,14H2,1-4H3,(H2,22,25,26). The number of aryl methyl sites for hydroxylation is 1. The Hall–Kier alpha value is -3.55. The van der Waals surface area contributed by atoms with Gasteiger partial charge in [-0.3, -0.25) is 9.56 Å². The van der Waals surface area contributed by atoms with Gasteiger partial charge >= 0.3 is 0 Å². The lowest BCUT2D eigenvalue weighted by molar-refractivity contribution is 0.354. The highest BCUT2D eigenvalue weighted by Gasteiger charge is 2.06. The first-order valence-corrected chi connectivity index (χ1v) is 9.25. The smallest absolute Gasteiger partial charge is 0.191 e. The number of nitrogens with one attached hydrogen (secondary N) is 2. The van der Waals surface area contributed by atoms with Crippen LogP contribution in [0.3, 0.4) is 0 Å². The average molecular weight is 394 g/mol. The van der Waals surface area contributed by atoms with Crippen LogP contribution in [0.15, 0.2) is 53.9 Å². The number of rotatable bonds is 7. The molecule has 152 valence electrons. The van der Waals surface area contributed by atoms with Crippen molar-refractivity contribution >= 4 is 5.96 Å². The van der Waals surface area contributed by atoms with E-state index >= 15 is 0 Å². The van der Waals surface area contributed by atoms with Gasteiger partial charge in [0.05, 0.1) is 14.2 Å². The van der Waals surface area contributed by atoms with E-state index in [1.165, 1.54) is 0 Å². The molecule has 2 N–H and O–H groups in total. The van der Waals surface area contributed by atoms with Crippen molar-refractivity contribution in [2.45, 2.75) is 20.0 Å². The normalized spacial score (nSPS) is 11.2. The fourth-order valence-electron chi connectivity index (χ4n) is 2.87. The number of hydrogen-bond acceptors (Lipinski definition) is 5. The van der Waals surface area contributed by atoms with Crippen molar-refractivity contribution in [3.63, 3.8) is 0 Å². The summed E-state index contributed by atoms with van der Waals surface area (Å²) >= 11 is 0. The first-order chi connectivity index (χ1) is 14.1. The maximum atomic E-state index is 5.35. The second-order valence-corrected chi connectivity index (χ2v) is 6.34. The Labute approximate surface area is 170 Å². The first kappa shape index (κ1) is 20.2. The van der Waals surface area contributed by atoms with Crippen LogP contribution in [0, 0.1) is 6.92 Å². The van der Waals surface area contributed by atoms with Crippen LogP contribution in [-0.2, 0) is 13.1 Å². The van der Waals surface area contributed by atoms with Crippen LogP contribution < -0.4 is 20.1 Å². The number of aliphatic imine (C=N–C) groups is 1. The second kappa shape index (κ2) is 9.59. The number of ether oxygens (including phenoxy) is 2.